The summed E-state index contributed by atoms with van der Waals surface area (Å²) in [7, 11) is 0. The van der Waals surface area contributed by atoms with Crippen molar-refractivity contribution in [2.24, 2.45) is 0 Å². The molecular formula is C13H12N2O2S. The number of anilines is 1. The highest BCUT2D eigenvalue weighted by atomic mass is 32.1. The first kappa shape index (κ1) is 12.3. The van der Waals surface area contributed by atoms with E-state index >= 15 is 0 Å². The molecule has 0 aliphatic rings. The van der Waals surface area contributed by atoms with Crippen LogP contribution in [0.1, 0.15) is 16.1 Å². The molecule has 2 N–H and O–H groups in total. The van der Waals surface area contributed by atoms with Gasteiger partial charge in [0.15, 0.2) is 5.78 Å². The number of Topliss-reactive ketones (excluding diaryl/α,β-unsaturated/α-hetero) is 1. The molecule has 1 amide bonds. The van der Waals surface area contributed by atoms with Crippen molar-refractivity contribution in [3.05, 3.63) is 52.7 Å². The number of para-hydroxylation sites is 1. The van der Waals surface area contributed by atoms with Gasteiger partial charge in [-0.15, -0.1) is 11.3 Å². The summed E-state index contributed by atoms with van der Waals surface area (Å²) in [5.41, 5.74) is 6.01. The Morgan fingerprint density at radius 3 is 2.50 bits per heavy atom. The third-order valence-electron chi connectivity index (χ3n) is 2.24. The van der Waals surface area contributed by atoms with E-state index in [1.165, 1.54) is 11.3 Å². The first-order chi connectivity index (χ1) is 8.75. The maximum Gasteiger partial charge on any atom is 0.246 e. The van der Waals surface area contributed by atoms with Gasteiger partial charge in [0.1, 0.15) is 0 Å². The first-order valence-corrected chi connectivity index (χ1v) is 6.30. The normalized spacial score (nSPS) is 9.78. The van der Waals surface area contributed by atoms with Crippen LogP contribution in [0.25, 0.3) is 0 Å². The third-order valence-corrected chi connectivity index (χ3v) is 3.15. The van der Waals surface area contributed by atoms with E-state index in [0.717, 1.165) is 5.69 Å². The summed E-state index contributed by atoms with van der Waals surface area (Å²) < 4.78 is 0. The molecule has 0 atom stereocenters. The third kappa shape index (κ3) is 3.43. The van der Waals surface area contributed by atoms with E-state index < -0.39 is 0 Å². The molecule has 0 saturated carbocycles. The molecule has 1 heterocycles. The molecule has 18 heavy (non-hydrogen) atoms. The van der Waals surface area contributed by atoms with Crippen LogP contribution in [0.2, 0.25) is 0 Å². The van der Waals surface area contributed by atoms with Crippen molar-refractivity contribution in [2.75, 3.05) is 5.43 Å². The molecule has 0 unspecified atom stereocenters. The number of ketones is 1. The summed E-state index contributed by atoms with van der Waals surface area (Å²) in [5, 5.41) is 1.81. The zero-order chi connectivity index (χ0) is 12.8. The molecule has 0 fully saturated rings. The van der Waals surface area contributed by atoms with Gasteiger partial charge >= 0.3 is 0 Å². The molecule has 0 bridgehead atoms. The minimum Gasteiger partial charge on any atom is -0.299 e. The monoisotopic (exact) mass is 260 g/mol. The van der Waals surface area contributed by atoms with Crippen LogP contribution in [0.4, 0.5) is 5.69 Å². The highest BCUT2D eigenvalue weighted by molar-refractivity contribution is 7.12. The average Bonchev–Trinajstić information content (AvgIpc) is 2.91. The fraction of sp³-hybridized carbons (Fsp3) is 0.0769. The van der Waals surface area contributed by atoms with Crippen LogP contribution >= 0.6 is 11.3 Å². The second-order valence-corrected chi connectivity index (χ2v) is 4.56. The summed E-state index contributed by atoms with van der Waals surface area (Å²) in [4.78, 5) is 23.8. The summed E-state index contributed by atoms with van der Waals surface area (Å²) in [6.45, 7) is 0. The second-order valence-electron chi connectivity index (χ2n) is 3.62. The lowest BCUT2D eigenvalue weighted by molar-refractivity contribution is -0.119. The molecule has 5 heteroatoms. The van der Waals surface area contributed by atoms with Crippen LogP contribution in [0.15, 0.2) is 47.8 Å². The Morgan fingerprint density at radius 1 is 1.06 bits per heavy atom. The molecule has 0 aliphatic carbocycles. The summed E-state index contributed by atoms with van der Waals surface area (Å²) in [6.07, 6.45) is -0.152. The minimum atomic E-state index is -0.350. The van der Waals surface area contributed by atoms with Crippen LogP contribution in [0, 0.1) is 0 Å². The fourth-order valence-corrected chi connectivity index (χ4v) is 2.04. The smallest absolute Gasteiger partial charge is 0.246 e. The number of hydrazine groups is 1. The van der Waals surface area contributed by atoms with Crippen LogP contribution in [-0.4, -0.2) is 11.7 Å². The largest absolute Gasteiger partial charge is 0.299 e. The molecular weight excluding hydrogens is 248 g/mol. The standard InChI is InChI=1S/C13H12N2O2S/c16-11(12-7-4-8-18-12)9-13(17)15-14-10-5-2-1-3-6-10/h1-8,14H,9H2,(H,15,17). The van der Waals surface area contributed by atoms with Crippen molar-refractivity contribution in [3.8, 4) is 0 Å². The molecule has 1 aromatic heterocycles. The molecule has 0 saturated heterocycles. The van der Waals surface area contributed by atoms with E-state index in [1.807, 2.05) is 35.7 Å². The molecule has 2 rings (SSSR count). The van der Waals surface area contributed by atoms with Crippen LogP contribution in [0.5, 0.6) is 0 Å². The molecule has 0 radical (unpaired) electrons. The lowest BCUT2D eigenvalue weighted by Crippen LogP contribution is -2.30. The highest BCUT2D eigenvalue weighted by Gasteiger charge is 2.12. The molecule has 1 aromatic carbocycles. The molecule has 0 aliphatic heterocycles. The van der Waals surface area contributed by atoms with Gasteiger partial charge in [0.05, 0.1) is 17.0 Å². The van der Waals surface area contributed by atoms with Crippen molar-refractivity contribution in [1.82, 2.24) is 5.43 Å². The van der Waals surface area contributed by atoms with Crippen LogP contribution in [0.3, 0.4) is 0 Å². The van der Waals surface area contributed by atoms with Gasteiger partial charge in [0, 0.05) is 0 Å². The Balaban J connectivity index is 1.81. The molecule has 4 nitrogen and oxygen atoms in total. The van der Waals surface area contributed by atoms with Crippen molar-refractivity contribution >= 4 is 28.7 Å². The molecule has 92 valence electrons. The van der Waals surface area contributed by atoms with Crippen molar-refractivity contribution in [3.63, 3.8) is 0 Å². The van der Waals surface area contributed by atoms with Gasteiger partial charge in [0.2, 0.25) is 5.91 Å². The van der Waals surface area contributed by atoms with Gasteiger partial charge < -0.3 is 0 Å². The minimum absolute atomic E-state index is 0.152. The summed E-state index contributed by atoms with van der Waals surface area (Å²) in [5.74, 6) is -0.519. The maximum atomic E-state index is 11.6. The topological polar surface area (TPSA) is 58.2 Å². The molecule has 0 spiro atoms. The number of benzene rings is 1. The fourth-order valence-electron chi connectivity index (χ4n) is 1.38. The number of hydrogen-bond donors (Lipinski definition) is 2. The van der Waals surface area contributed by atoms with E-state index in [2.05, 4.69) is 10.9 Å². The van der Waals surface area contributed by atoms with Gasteiger partial charge in [-0.05, 0) is 23.6 Å². The van der Waals surface area contributed by atoms with E-state index in [-0.39, 0.29) is 18.1 Å². The predicted octanol–water partition coefficient (Wildman–Crippen LogP) is 2.46. The number of thiophene rings is 1. The van der Waals surface area contributed by atoms with Crippen molar-refractivity contribution in [1.29, 1.82) is 0 Å². The average molecular weight is 260 g/mol. The number of amides is 1. The Morgan fingerprint density at radius 2 is 1.83 bits per heavy atom. The Hall–Kier alpha value is -2.14. The second kappa shape index (κ2) is 5.97. The van der Waals surface area contributed by atoms with E-state index in [1.54, 1.807) is 12.1 Å². The SMILES string of the molecule is O=C(CC(=O)c1cccs1)NNc1ccccc1. The number of carbonyl (C=O) groups excluding carboxylic acids is 2. The lowest BCUT2D eigenvalue weighted by Gasteiger charge is -2.07. The Labute approximate surface area is 109 Å². The quantitative estimate of drug-likeness (QED) is 0.493. The summed E-state index contributed by atoms with van der Waals surface area (Å²) >= 11 is 1.34. The van der Waals surface area contributed by atoms with Gasteiger partial charge in [-0.25, -0.2) is 0 Å². The molecule has 2 aromatic rings. The van der Waals surface area contributed by atoms with Crippen molar-refractivity contribution < 1.29 is 9.59 Å². The Kier molecular flexibility index (Phi) is 4.09. The Bertz CT molecular complexity index is 523. The van der Waals surface area contributed by atoms with E-state index in [4.69, 9.17) is 0 Å². The van der Waals surface area contributed by atoms with E-state index in [9.17, 15) is 9.59 Å². The van der Waals surface area contributed by atoms with Gasteiger partial charge in [0.25, 0.3) is 0 Å². The van der Waals surface area contributed by atoms with Crippen LogP contribution < -0.4 is 10.9 Å². The zero-order valence-corrected chi connectivity index (χ0v) is 10.4. The van der Waals surface area contributed by atoms with Gasteiger partial charge in [-0.2, -0.15) is 0 Å². The van der Waals surface area contributed by atoms with Crippen LogP contribution in [-0.2, 0) is 4.79 Å². The predicted molar refractivity (Wildman–Crippen MR) is 71.5 cm³/mol. The van der Waals surface area contributed by atoms with Crippen molar-refractivity contribution in [2.45, 2.75) is 6.42 Å². The van der Waals surface area contributed by atoms with Gasteiger partial charge in [-0.1, -0.05) is 24.3 Å². The highest BCUT2D eigenvalue weighted by Crippen LogP contribution is 2.11. The zero-order valence-electron chi connectivity index (χ0n) is 9.55. The van der Waals surface area contributed by atoms with Gasteiger partial charge in [-0.3, -0.25) is 20.4 Å². The number of carbonyl (C=O) groups is 2. The number of rotatable bonds is 5. The first-order valence-electron chi connectivity index (χ1n) is 5.42. The number of hydrogen-bond acceptors (Lipinski definition) is 4. The number of nitrogens with one attached hydrogen (secondary N) is 2. The maximum absolute atomic E-state index is 11.6. The lowest BCUT2D eigenvalue weighted by atomic mass is 10.2. The summed E-state index contributed by atoms with van der Waals surface area (Å²) in [6, 6.07) is 12.7. The van der Waals surface area contributed by atoms with E-state index in [0.29, 0.717) is 4.88 Å².